The van der Waals surface area contributed by atoms with Gasteiger partial charge in [0, 0.05) is 43.2 Å². The summed E-state index contributed by atoms with van der Waals surface area (Å²) in [5, 5.41) is 15.9. The van der Waals surface area contributed by atoms with E-state index in [2.05, 4.69) is 10.0 Å². The number of benzene rings is 1. The van der Waals surface area contributed by atoms with Crippen LogP contribution in [0, 0.1) is 10.1 Å². The van der Waals surface area contributed by atoms with Crippen LogP contribution in [0.5, 0.6) is 0 Å². The van der Waals surface area contributed by atoms with Crippen LogP contribution < -0.4 is 0 Å². The Kier molecular flexibility index (Phi) is 3.02. The molecule has 1 aromatic rings. The lowest BCUT2D eigenvalue weighted by Gasteiger charge is -2.22. The number of nitrogens with zero attached hydrogens (tertiary/aromatic N) is 5. The Balaban J connectivity index is 2.55. The van der Waals surface area contributed by atoms with Gasteiger partial charge in [-0.05, 0) is 17.7 Å². The fourth-order valence-corrected chi connectivity index (χ4v) is 2.07. The molecular formula is C13H16N5O2+. The third-order valence-electron chi connectivity index (χ3n) is 4.18. The van der Waals surface area contributed by atoms with Crippen molar-refractivity contribution in [2.75, 3.05) is 0 Å². The Hall–Kier alpha value is -2.40. The number of azide groups is 1. The molecule has 2 rings (SSSR count). The minimum Gasteiger partial charge on any atom is -0.618 e. The summed E-state index contributed by atoms with van der Waals surface area (Å²) in [6.07, 6.45) is 0. The van der Waals surface area contributed by atoms with Crippen molar-refractivity contribution in [1.29, 1.82) is 0 Å². The molecule has 1 heterocycles. The van der Waals surface area contributed by atoms with E-state index in [0.717, 1.165) is 9.50 Å². The van der Waals surface area contributed by atoms with Crippen LogP contribution in [-0.4, -0.2) is 26.4 Å². The molecule has 0 atom stereocenters. The largest absolute Gasteiger partial charge is 0.618 e. The van der Waals surface area contributed by atoms with E-state index in [-0.39, 0.29) is 5.84 Å². The van der Waals surface area contributed by atoms with E-state index in [1.54, 1.807) is 52.0 Å². The molecule has 0 saturated carbocycles. The van der Waals surface area contributed by atoms with Crippen LogP contribution in [0.3, 0.4) is 0 Å². The zero-order chi connectivity index (χ0) is 15.1. The second kappa shape index (κ2) is 4.31. The highest BCUT2D eigenvalue weighted by Crippen LogP contribution is 2.35. The maximum Gasteiger partial charge on any atom is 0.504 e. The van der Waals surface area contributed by atoms with Crippen LogP contribution in [0.15, 0.2) is 29.4 Å². The van der Waals surface area contributed by atoms with Crippen LogP contribution in [-0.2, 0) is 0 Å². The van der Waals surface area contributed by atoms with Crippen molar-refractivity contribution in [1.82, 2.24) is 0 Å². The van der Waals surface area contributed by atoms with Crippen LogP contribution in [0.2, 0.25) is 0 Å². The van der Waals surface area contributed by atoms with Crippen molar-refractivity contribution in [3.8, 4) is 0 Å². The lowest BCUT2D eigenvalue weighted by molar-refractivity contribution is -0.555. The Bertz CT molecular complexity index is 652. The second-order valence-electron chi connectivity index (χ2n) is 5.77. The monoisotopic (exact) mass is 274 g/mol. The fourth-order valence-electron chi connectivity index (χ4n) is 2.07. The Morgan fingerprint density at radius 2 is 1.70 bits per heavy atom. The van der Waals surface area contributed by atoms with Gasteiger partial charge in [-0.1, -0.05) is 17.2 Å². The number of hydrogen-bond donors (Lipinski definition) is 0. The molecule has 0 N–H and O–H groups in total. The third-order valence-corrected chi connectivity index (χ3v) is 4.18. The zero-order valence-corrected chi connectivity index (χ0v) is 11.9. The van der Waals surface area contributed by atoms with E-state index in [4.69, 9.17) is 5.53 Å². The molecule has 0 bridgehead atoms. The highest BCUT2D eigenvalue weighted by Gasteiger charge is 2.68. The van der Waals surface area contributed by atoms with Gasteiger partial charge in [0.2, 0.25) is 5.54 Å². The molecule has 0 aliphatic carbocycles. The van der Waals surface area contributed by atoms with E-state index in [1.165, 1.54) is 0 Å². The Morgan fingerprint density at radius 1 is 1.15 bits per heavy atom. The summed E-state index contributed by atoms with van der Waals surface area (Å²) >= 11 is 0. The van der Waals surface area contributed by atoms with E-state index in [9.17, 15) is 10.1 Å². The molecule has 1 aliphatic heterocycles. The van der Waals surface area contributed by atoms with Gasteiger partial charge in [0.1, 0.15) is 10.3 Å². The van der Waals surface area contributed by atoms with Gasteiger partial charge in [0.15, 0.2) is 0 Å². The fraction of sp³-hybridized carbons (Fsp3) is 0.462. The summed E-state index contributed by atoms with van der Waals surface area (Å²) in [7, 11) is 0. The predicted molar refractivity (Wildman–Crippen MR) is 74.8 cm³/mol. The van der Waals surface area contributed by atoms with Crippen LogP contribution in [0.4, 0.5) is 5.69 Å². The zero-order valence-electron chi connectivity index (χ0n) is 11.9. The number of hydroxylamine groups is 1. The first kappa shape index (κ1) is 14.0. The van der Waals surface area contributed by atoms with Crippen molar-refractivity contribution >= 4 is 11.5 Å². The number of amidine groups is 1. The summed E-state index contributed by atoms with van der Waals surface area (Å²) in [4.78, 5) is 15.1. The predicted octanol–water partition coefficient (Wildman–Crippen LogP) is 3.24. The second-order valence-corrected chi connectivity index (χ2v) is 5.77. The van der Waals surface area contributed by atoms with Gasteiger partial charge in [0.25, 0.3) is 5.54 Å². The number of hydrogen-bond acceptors (Lipinski definition) is 3. The maximum absolute atomic E-state index is 12.4. The van der Waals surface area contributed by atoms with Gasteiger partial charge in [-0.25, -0.2) is 0 Å². The van der Waals surface area contributed by atoms with Crippen LogP contribution in [0.25, 0.3) is 10.4 Å². The lowest BCUT2D eigenvalue weighted by atomic mass is 9.84. The quantitative estimate of drug-likeness (QED) is 0.272. The van der Waals surface area contributed by atoms with Gasteiger partial charge in [-0.3, -0.25) is 0 Å². The maximum atomic E-state index is 12.4. The summed E-state index contributed by atoms with van der Waals surface area (Å²) in [5.41, 5.74) is 7.62. The molecule has 0 unspecified atom stereocenters. The van der Waals surface area contributed by atoms with Crippen LogP contribution in [0.1, 0.15) is 33.3 Å². The molecule has 7 nitrogen and oxygen atoms in total. The molecule has 0 fully saturated rings. The standard InChI is InChI=1S/C13H16N5O2/c1-12(2)13(3,4)18(20)11(17(12)19)9-5-7-10(8-6-9)15-16-14/h5-8H,1-4H3/q+1. The van der Waals surface area contributed by atoms with Crippen molar-refractivity contribution in [3.63, 3.8) is 0 Å². The van der Waals surface area contributed by atoms with Gasteiger partial charge in [-0.2, -0.15) is 0 Å². The van der Waals surface area contributed by atoms with E-state index in [1.807, 2.05) is 0 Å². The Labute approximate surface area is 116 Å². The van der Waals surface area contributed by atoms with Crippen LogP contribution >= 0.6 is 0 Å². The minimum absolute atomic E-state index is 0.0764. The first-order valence-corrected chi connectivity index (χ1v) is 6.20. The molecular weight excluding hydrogens is 258 g/mol. The van der Waals surface area contributed by atoms with Crippen molar-refractivity contribution in [2.45, 2.75) is 38.8 Å². The average molecular weight is 274 g/mol. The van der Waals surface area contributed by atoms with E-state index >= 15 is 0 Å². The molecule has 0 saturated heterocycles. The molecule has 1 aliphatic rings. The summed E-state index contributed by atoms with van der Waals surface area (Å²) < 4.78 is 1.51. The molecule has 1 aromatic carbocycles. The topological polar surface area (TPSA) is 94.9 Å². The van der Waals surface area contributed by atoms with E-state index in [0.29, 0.717) is 11.3 Å². The molecule has 0 radical (unpaired) electrons. The highest BCUT2D eigenvalue weighted by molar-refractivity contribution is 5.90. The SMILES string of the molecule is CC1(C)[N+](=O)C(c2ccc(N=[N+]=[N-])cc2)=[N+]([O-])C1(C)C. The molecule has 0 spiro atoms. The first-order valence-electron chi connectivity index (χ1n) is 6.20. The minimum atomic E-state index is -0.840. The van der Waals surface area contributed by atoms with Gasteiger partial charge >= 0.3 is 5.84 Å². The van der Waals surface area contributed by atoms with Gasteiger partial charge < -0.3 is 5.21 Å². The molecule has 0 aromatic heterocycles. The summed E-state index contributed by atoms with van der Waals surface area (Å²) in [6.45, 7) is 6.97. The van der Waals surface area contributed by atoms with Crippen molar-refractivity contribution in [3.05, 3.63) is 50.4 Å². The summed E-state index contributed by atoms with van der Waals surface area (Å²) in [5.74, 6) is 0.0764. The van der Waals surface area contributed by atoms with Gasteiger partial charge in [-0.15, -0.1) is 4.74 Å². The number of rotatable bonds is 2. The average Bonchev–Trinajstić information content (AvgIpc) is 2.51. The normalized spacial score (nSPS) is 19.9. The highest BCUT2D eigenvalue weighted by atomic mass is 16.5. The Morgan fingerprint density at radius 3 is 2.10 bits per heavy atom. The van der Waals surface area contributed by atoms with Crippen molar-refractivity contribution < 1.29 is 9.50 Å². The number of nitroso groups, excluding NO2 is 1. The third kappa shape index (κ3) is 1.75. The molecule has 0 amide bonds. The molecule has 7 heteroatoms. The summed E-state index contributed by atoms with van der Waals surface area (Å²) in [6, 6.07) is 6.35. The van der Waals surface area contributed by atoms with E-state index < -0.39 is 11.1 Å². The molecule has 104 valence electrons. The van der Waals surface area contributed by atoms with Crippen molar-refractivity contribution in [2.24, 2.45) is 5.11 Å². The first-order chi connectivity index (χ1) is 9.23. The van der Waals surface area contributed by atoms with Gasteiger partial charge in [0.05, 0.1) is 0 Å². The lowest BCUT2D eigenvalue weighted by Crippen LogP contribution is -2.50. The smallest absolute Gasteiger partial charge is 0.504 e. The molecule has 20 heavy (non-hydrogen) atoms.